The van der Waals surface area contributed by atoms with E-state index in [-0.39, 0.29) is 52.9 Å². The number of amides is 5. The number of imide groups is 1. The number of halogens is 1. The Morgan fingerprint density at radius 2 is 1.54 bits per heavy atom. The number of aromatic nitrogens is 4. The average Bonchev–Trinajstić information content (AvgIpc) is 4.03. The van der Waals surface area contributed by atoms with Crippen LogP contribution in [0.5, 0.6) is 0 Å². The molecule has 3 N–H and O–H groups in total. The average molecular weight is 931 g/mol. The van der Waals surface area contributed by atoms with Crippen LogP contribution in [0, 0.1) is 5.82 Å². The molecule has 16 nitrogen and oxygen atoms in total. The van der Waals surface area contributed by atoms with Crippen molar-refractivity contribution in [2.75, 3.05) is 61.4 Å². The molecule has 3 fully saturated rings. The van der Waals surface area contributed by atoms with Crippen molar-refractivity contribution in [3.05, 3.63) is 130 Å². The van der Waals surface area contributed by atoms with Crippen LogP contribution in [-0.2, 0) is 34.9 Å². The molecule has 7 aromatic rings. The van der Waals surface area contributed by atoms with Crippen molar-refractivity contribution in [1.29, 1.82) is 0 Å². The quantitative estimate of drug-likeness (QED) is 0.136. The first kappa shape index (κ1) is 44.9. The highest BCUT2D eigenvalue weighted by Crippen LogP contribution is 2.40. The van der Waals surface area contributed by atoms with Crippen molar-refractivity contribution in [3.63, 3.8) is 0 Å². The van der Waals surface area contributed by atoms with Gasteiger partial charge in [-0.15, -0.1) is 0 Å². The predicted octanol–water partition coefficient (Wildman–Crippen LogP) is 5.78. The number of aryl methyl sites for hydroxylation is 2. The number of carbonyl (C=O) groups excluding carboxylic acids is 5. The van der Waals surface area contributed by atoms with E-state index in [0.29, 0.717) is 47.2 Å². The fourth-order valence-electron chi connectivity index (χ4n) is 10.2. The minimum absolute atomic E-state index is 0.0363. The van der Waals surface area contributed by atoms with Crippen LogP contribution in [0.25, 0.3) is 44.2 Å². The van der Waals surface area contributed by atoms with Crippen LogP contribution in [0.4, 0.5) is 21.5 Å². The van der Waals surface area contributed by atoms with Crippen molar-refractivity contribution >= 4 is 68.5 Å². The highest BCUT2D eigenvalue weighted by Gasteiger charge is 2.32. The lowest BCUT2D eigenvalue weighted by atomic mass is 9.92. The Morgan fingerprint density at radius 3 is 2.28 bits per heavy atom. The predicted molar refractivity (Wildman–Crippen MR) is 262 cm³/mol. The van der Waals surface area contributed by atoms with Gasteiger partial charge in [0.1, 0.15) is 11.9 Å². The molecule has 3 aliphatic heterocycles. The van der Waals surface area contributed by atoms with E-state index >= 15 is 4.39 Å². The summed E-state index contributed by atoms with van der Waals surface area (Å²) >= 11 is 0. The Morgan fingerprint density at radius 1 is 0.783 bits per heavy atom. The largest absolute Gasteiger partial charge is 0.369 e. The van der Waals surface area contributed by atoms with E-state index in [9.17, 15) is 28.8 Å². The second kappa shape index (κ2) is 18.3. The van der Waals surface area contributed by atoms with Crippen LogP contribution < -0.4 is 31.4 Å². The van der Waals surface area contributed by atoms with E-state index in [2.05, 4.69) is 43.0 Å². The van der Waals surface area contributed by atoms with Gasteiger partial charge in [0, 0.05) is 101 Å². The molecule has 0 aliphatic carbocycles. The Labute approximate surface area is 396 Å². The minimum Gasteiger partial charge on any atom is -0.369 e. The van der Waals surface area contributed by atoms with Gasteiger partial charge in [-0.2, -0.15) is 5.10 Å². The number of hydrogen-bond donors (Lipinski definition) is 3. The molecule has 3 aliphatic rings. The summed E-state index contributed by atoms with van der Waals surface area (Å²) in [6.45, 7) is 4.60. The van der Waals surface area contributed by atoms with Crippen molar-refractivity contribution in [2.24, 2.45) is 14.1 Å². The minimum atomic E-state index is -0.737. The number of anilines is 3. The van der Waals surface area contributed by atoms with Gasteiger partial charge in [0.05, 0.1) is 21.9 Å². The Bertz CT molecular complexity index is 3290. The van der Waals surface area contributed by atoms with Gasteiger partial charge < -0.3 is 20.4 Å². The van der Waals surface area contributed by atoms with Gasteiger partial charge in [0.15, 0.2) is 5.69 Å². The third kappa shape index (κ3) is 8.32. The second-order valence-electron chi connectivity index (χ2n) is 17.9. The fourth-order valence-corrected chi connectivity index (χ4v) is 10.2. The van der Waals surface area contributed by atoms with Crippen LogP contribution in [-0.4, -0.2) is 99.7 Å². The summed E-state index contributed by atoms with van der Waals surface area (Å²) in [6.07, 6.45) is 2.39. The summed E-state index contributed by atoms with van der Waals surface area (Å²) < 4.78 is 21.8. The highest BCUT2D eigenvalue weighted by molar-refractivity contribution is 6.12. The molecule has 2 aromatic heterocycles. The van der Waals surface area contributed by atoms with E-state index in [1.165, 1.54) is 16.3 Å². The monoisotopic (exact) mass is 930 g/mol. The lowest BCUT2D eigenvalue weighted by Crippen LogP contribution is -2.47. The van der Waals surface area contributed by atoms with Gasteiger partial charge in [-0.3, -0.25) is 48.0 Å². The highest BCUT2D eigenvalue weighted by atomic mass is 19.1. The number of piperazine rings is 1. The molecule has 5 amide bonds. The zero-order valence-electron chi connectivity index (χ0n) is 38.6. The molecule has 3 saturated heterocycles. The molecule has 5 aromatic carbocycles. The third-order valence-corrected chi connectivity index (χ3v) is 13.8. The third-order valence-electron chi connectivity index (χ3n) is 13.8. The summed E-state index contributed by atoms with van der Waals surface area (Å²) in [5.74, 6) is -2.30. The zero-order chi connectivity index (χ0) is 48.1. The molecule has 69 heavy (non-hydrogen) atoms. The van der Waals surface area contributed by atoms with Crippen molar-refractivity contribution in [2.45, 2.75) is 38.1 Å². The van der Waals surface area contributed by atoms with Crippen LogP contribution in [0.15, 0.2) is 102 Å². The number of rotatable bonds is 11. The first-order valence-electron chi connectivity index (χ1n) is 23.2. The van der Waals surface area contributed by atoms with Gasteiger partial charge in [-0.25, -0.2) is 9.18 Å². The normalized spacial score (nSPS) is 16.7. The van der Waals surface area contributed by atoms with E-state index in [1.807, 2.05) is 48.5 Å². The Balaban J connectivity index is 0.881. The summed E-state index contributed by atoms with van der Waals surface area (Å²) in [7, 11) is 4.90. The number of piperidine rings is 1. The van der Waals surface area contributed by atoms with Crippen molar-refractivity contribution in [3.8, 4) is 22.3 Å². The van der Waals surface area contributed by atoms with E-state index in [1.54, 1.807) is 60.0 Å². The van der Waals surface area contributed by atoms with Crippen LogP contribution in [0.2, 0.25) is 0 Å². The maximum absolute atomic E-state index is 17.2. The van der Waals surface area contributed by atoms with Crippen molar-refractivity contribution in [1.82, 2.24) is 34.4 Å². The van der Waals surface area contributed by atoms with Gasteiger partial charge in [-0.1, -0.05) is 36.4 Å². The number of fused-ring (bicyclic) bond motifs is 2. The zero-order valence-corrected chi connectivity index (χ0v) is 38.6. The number of benzene rings is 5. The number of hydrogen-bond acceptors (Lipinski definition) is 9. The smallest absolute Gasteiger partial charge is 0.329 e. The Kier molecular flexibility index (Phi) is 11.9. The number of nitrogens with zero attached hydrogens (tertiary/aromatic N) is 7. The lowest BCUT2D eigenvalue weighted by Gasteiger charge is -2.36. The molecule has 1 atom stereocenters. The standard InChI is InChI=1S/C52H51FN10O6/c1-54-49(66)33-8-4-9-34(29-33)55-51(68)47-45-40(59(3)57-47)19-18-38(46(45)53)37-17-16-36(62-23-6-11-44(62)65)30-39(37)31-12-14-35(15-13-31)61-27-25-60(26-28-61)24-22-32-7-5-10-41-48(32)58(2)52(69)63(41)42-20-21-43(64)56-50(42)67/h4-5,7-10,12-19,29-30,42H,6,11,20-28H2,1-3H3,(H,54,66)(H,55,68)(H,56,64,67). The number of nitrogens with one attached hydrogen (secondary N) is 3. The molecule has 0 radical (unpaired) electrons. The van der Waals surface area contributed by atoms with E-state index in [4.69, 9.17) is 0 Å². The summed E-state index contributed by atoms with van der Waals surface area (Å²) in [4.78, 5) is 83.5. The number of carbonyl (C=O) groups is 5. The van der Waals surface area contributed by atoms with Crippen molar-refractivity contribution < 1.29 is 28.4 Å². The Hall–Kier alpha value is -7.92. The second-order valence-corrected chi connectivity index (χ2v) is 17.9. The summed E-state index contributed by atoms with van der Waals surface area (Å²) in [6, 6.07) is 28.8. The van der Waals surface area contributed by atoms with E-state index < -0.39 is 23.7 Å². The van der Waals surface area contributed by atoms with Crippen LogP contribution >= 0.6 is 0 Å². The first-order chi connectivity index (χ1) is 33.4. The number of para-hydroxylation sites is 1. The van der Waals surface area contributed by atoms with Crippen LogP contribution in [0.1, 0.15) is 58.1 Å². The topological polar surface area (TPSA) is 176 Å². The fraction of sp³-hybridized carbons (Fsp3) is 0.288. The summed E-state index contributed by atoms with van der Waals surface area (Å²) in [5.41, 5.74) is 7.43. The SMILES string of the molecule is CNC(=O)c1cccc(NC(=O)c2nn(C)c3ccc(-c4ccc(N5CCCC5=O)cc4-c4ccc(N5CCN(CCc6cccc7c6n(C)c(=O)n7C6CCC(=O)NC6=O)CC5)cc4)c(F)c23)c1. The first-order valence-corrected chi connectivity index (χ1v) is 23.2. The molecule has 0 spiro atoms. The van der Waals surface area contributed by atoms with Gasteiger partial charge >= 0.3 is 5.69 Å². The molecule has 5 heterocycles. The van der Waals surface area contributed by atoms with Gasteiger partial charge in [-0.05, 0) is 102 Å². The maximum Gasteiger partial charge on any atom is 0.329 e. The molecule has 1 unspecified atom stereocenters. The molecule has 0 bridgehead atoms. The molecule has 0 saturated carbocycles. The van der Waals surface area contributed by atoms with Gasteiger partial charge in [0.2, 0.25) is 17.7 Å². The molecular weight excluding hydrogens is 880 g/mol. The molecule has 10 rings (SSSR count). The summed E-state index contributed by atoms with van der Waals surface area (Å²) in [5, 5.41) is 12.2. The lowest BCUT2D eigenvalue weighted by molar-refractivity contribution is -0.135. The van der Waals surface area contributed by atoms with Gasteiger partial charge in [0.25, 0.3) is 11.8 Å². The number of imidazole rings is 1. The van der Waals surface area contributed by atoms with Crippen LogP contribution in [0.3, 0.4) is 0 Å². The molecular formula is C52H51FN10O6. The molecule has 17 heteroatoms. The maximum atomic E-state index is 17.2. The molecule has 352 valence electrons. The van der Waals surface area contributed by atoms with E-state index in [0.717, 1.165) is 72.7 Å².